The SMILES string of the molecule is COc1cc2c(Oc3ccc4c(c3)C=C(C)C4)ncnc2cc1OCCN1CCN(CC(C)=O)CC1. The van der Waals surface area contributed by atoms with E-state index in [1.807, 2.05) is 18.2 Å². The number of benzene rings is 2. The van der Waals surface area contributed by atoms with Crippen LogP contribution < -0.4 is 14.2 Å². The molecular weight excluding hydrogens is 456 g/mol. The lowest BCUT2D eigenvalue weighted by Gasteiger charge is -2.34. The second kappa shape index (κ2) is 10.6. The largest absolute Gasteiger partial charge is 0.493 e. The second-order valence-corrected chi connectivity index (χ2v) is 9.50. The minimum absolute atomic E-state index is 0.215. The van der Waals surface area contributed by atoms with Crippen LogP contribution in [0.3, 0.4) is 0 Å². The van der Waals surface area contributed by atoms with Gasteiger partial charge in [0.15, 0.2) is 11.5 Å². The zero-order valence-electron chi connectivity index (χ0n) is 21.1. The average Bonchev–Trinajstić information content (AvgIpc) is 3.24. The minimum Gasteiger partial charge on any atom is -0.493 e. The van der Waals surface area contributed by atoms with Gasteiger partial charge in [0, 0.05) is 38.8 Å². The highest BCUT2D eigenvalue weighted by atomic mass is 16.5. The first-order valence-electron chi connectivity index (χ1n) is 12.4. The second-order valence-electron chi connectivity index (χ2n) is 9.50. The van der Waals surface area contributed by atoms with Crippen molar-refractivity contribution in [1.82, 2.24) is 19.8 Å². The molecule has 1 aliphatic heterocycles. The van der Waals surface area contributed by atoms with Gasteiger partial charge in [-0.2, -0.15) is 0 Å². The lowest BCUT2D eigenvalue weighted by molar-refractivity contribution is -0.118. The van der Waals surface area contributed by atoms with Crippen LogP contribution in [0.2, 0.25) is 0 Å². The van der Waals surface area contributed by atoms with Crippen molar-refractivity contribution in [3.63, 3.8) is 0 Å². The molecule has 2 aromatic carbocycles. The maximum Gasteiger partial charge on any atom is 0.230 e. The van der Waals surface area contributed by atoms with Gasteiger partial charge in [-0.15, -0.1) is 0 Å². The number of aromatic nitrogens is 2. The molecule has 0 N–H and O–H groups in total. The number of hydrogen-bond donors (Lipinski definition) is 0. The fourth-order valence-electron chi connectivity index (χ4n) is 4.83. The molecule has 3 aromatic rings. The number of carbonyl (C=O) groups excluding carboxylic acids is 1. The number of hydrogen-bond acceptors (Lipinski definition) is 8. The number of Topliss-reactive ketones (excluding diaryl/α,β-unsaturated/α-hetero) is 1. The first-order valence-corrected chi connectivity index (χ1v) is 12.4. The predicted octanol–water partition coefficient (Wildman–Crippen LogP) is 3.98. The van der Waals surface area contributed by atoms with Crippen molar-refractivity contribution in [2.75, 3.05) is 53.0 Å². The molecule has 0 amide bonds. The number of piperazine rings is 1. The molecule has 8 nitrogen and oxygen atoms in total. The summed E-state index contributed by atoms with van der Waals surface area (Å²) < 4.78 is 17.9. The first kappa shape index (κ1) is 24.2. The van der Waals surface area contributed by atoms with Crippen LogP contribution in [-0.4, -0.2) is 78.5 Å². The van der Waals surface area contributed by atoms with Crippen LogP contribution in [0.25, 0.3) is 17.0 Å². The summed E-state index contributed by atoms with van der Waals surface area (Å²) in [5, 5.41) is 0.760. The minimum atomic E-state index is 0.215. The molecule has 1 saturated heterocycles. The van der Waals surface area contributed by atoms with Gasteiger partial charge < -0.3 is 14.2 Å². The Hall–Kier alpha value is -3.49. The van der Waals surface area contributed by atoms with E-state index in [0.29, 0.717) is 30.5 Å². The molecule has 2 aliphatic rings. The molecule has 0 bridgehead atoms. The maximum absolute atomic E-state index is 11.3. The van der Waals surface area contributed by atoms with Crippen LogP contribution in [0.1, 0.15) is 25.0 Å². The molecule has 8 heteroatoms. The Morgan fingerprint density at radius 1 is 1.03 bits per heavy atom. The number of ether oxygens (including phenoxy) is 3. The number of ketones is 1. The van der Waals surface area contributed by atoms with Crippen LogP contribution in [0.15, 0.2) is 42.2 Å². The molecular formula is C28H32N4O4. The van der Waals surface area contributed by atoms with Crippen molar-refractivity contribution >= 4 is 22.8 Å². The molecule has 0 atom stereocenters. The number of carbonyl (C=O) groups is 1. The highest BCUT2D eigenvalue weighted by Crippen LogP contribution is 2.37. The van der Waals surface area contributed by atoms with E-state index in [9.17, 15) is 4.79 Å². The predicted molar refractivity (Wildman–Crippen MR) is 139 cm³/mol. The number of allylic oxidation sites excluding steroid dienone is 1. The molecule has 1 aliphatic carbocycles. The van der Waals surface area contributed by atoms with E-state index in [1.54, 1.807) is 14.0 Å². The van der Waals surface area contributed by atoms with Gasteiger partial charge in [0.05, 0.1) is 24.6 Å². The molecule has 36 heavy (non-hydrogen) atoms. The zero-order valence-corrected chi connectivity index (χ0v) is 21.1. The summed E-state index contributed by atoms with van der Waals surface area (Å²) >= 11 is 0. The standard InChI is InChI=1S/C28H32N4O4/c1-19-12-21-4-5-23(14-22(21)13-19)36-28-24-15-26(34-3)27(16-25(24)29-18-30-28)35-11-10-31-6-8-32(9-7-31)17-20(2)33/h4-5,13-16,18H,6-12,17H2,1-3H3. The van der Waals surface area contributed by atoms with E-state index >= 15 is 0 Å². The molecule has 0 spiro atoms. The molecule has 2 heterocycles. The third-order valence-corrected chi connectivity index (χ3v) is 6.66. The number of fused-ring (bicyclic) bond motifs is 2. The fourth-order valence-corrected chi connectivity index (χ4v) is 4.83. The normalized spacial score (nSPS) is 16.0. The average molecular weight is 489 g/mol. The Bertz CT molecular complexity index is 1300. The summed E-state index contributed by atoms with van der Waals surface area (Å²) in [6.07, 6.45) is 4.69. The molecule has 1 aromatic heterocycles. The number of nitrogens with zero attached hydrogens (tertiary/aromatic N) is 4. The Morgan fingerprint density at radius 3 is 2.61 bits per heavy atom. The Morgan fingerprint density at radius 2 is 1.83 bits per heavy atom. The van der Waals surface area contributed by atoms with Crippen LogP contribution in [0.4, 0.5) is 0 Å². The van der Waals surface area contributed by atoms with E-state index in [-0.39, 0.29) is 5.78 Å². The van der Waals surface area contributed by atoms with Gasteiger partial charge in [0.2, 0.25) is 5.88 Å². The highest BCUT2D eigenvalue weighted by Gasteiger charge is 2.19. The van der Waals surface area contributed by atoms with Crippen LogP contribution >= 0.6 is 0 Å². The summed E-state index contributed by atoms with van der Waals surface area (Å²) in [7, 11) is 1.63. The quantitative estimate of drug-likeness (QED) is 0.448. The maximum atomic E-state index is 11.3. The topological polar surface area (TPSA) is 77.0 Å². The van der Waals surface area contributed by atoms with Gasteiger partial charge in [-0.25, -0.2) is 9.97 Å². The lowest BCUT2D eigenvalue weighted by Crippen LogP contribution is -2.48. The smallest absolute Gasteiger partial charge is 0.230 e. The Kier molecular flexibility index (Phi) is 7.16. The molecule has 5 rings (SSSR count). The summed E-state index contributed by atoms with van der Waals surface area (Å²) in [6, 6.07) is 9.89. The molecule has 1 fully saturated rings. The zero-order chi connectivity index (χ0) is 25.1. The van der Waals surface area contributed by atoms with Crippen molar-refractivity contribution < 1.29 is 19.0 Å². The summed E-state index contributed by atoms with van der Waals surface area (Å²) in [4.78, 5) is 24.7. The third-order valence-electron chi connectivity index (χ3n) is 6.66. The highest BCUT2D eigenvalue weighted by molar-refractivity contribution is 5.87. The monoisotopic (exact) mass is 488 g/mol. The van der Waals surface area contributed by atoms with E-state index in [1.165, 1.54) is 23.0 Å². The van der Waals surface area contributed by atoms with Crippen LogP contribution in [-0.2, 0) is 11.2 Å². The van der Waals surface area contributed by atoms with Crippen molar-refractivity contribution in [2.24, 2.45) is 0 Å². The lowest BCUT2D eigenvalue weighted by atomic mass is 10.1. The van der Waals surface area contributed by atoms with Gasteiger partial charge in [-0.3, -0.25) is 14.6 Å². The van der Waals surface area contributed by atoms with Crippen molar-refractivity contribution in [1.29, 1.82) is 0 Å². The molecule has 0 unspecified atom stereocenters. The first-order chi connectivity index (χ1) is 17.5. The van der Waals surface area contributed by atoms with Crippen LogP contribution in [0.5, 0.6) is 23.1 Å². The van der Waals surface area contributed by atoms with Gasteiger partial charge in [-0.1, -0.05) is 17.7 Å². The van der Waals surface area contributed by atoms with Gasteiger partial charge in [-0.05, 0) is 49.6 Å². The molecule has 0 saturated carbocycles. The van der Waals surface area contributed by atoms with Gasteiger partial charge in [0.1, 0.15) is 24.5 Å². The van der Waals surface area contributed by atoms with Crippen molar-refractivity contribution in [3.05, 3.63) is 53.4 Å². The van der Waals surface area contributed by atoms with E-state index in [2.05, 4.69) is 44.9 Å². The van der Waals surface area contributed by atoms with E-state index in [0.717, 1.165) is 55.8 Å². The van der Waals surface area contributed by atoms with Gasteiger partial charge in [0.25, 0.3) is 0 Å². The third kappa shape index (κ3) is 5.50. The number of methoxy groups -OCH3 is 1. The Labute approximate surface area is 211 Å². The van der Waals surface area contributed by atoms with E-state index < -0.39 is 0 Å². The van der Waals surface area contributed by atoms with Crippen molar-refractivity contribution in [3.8, 4) is 23.1 Å². The van der Waals surface area contributed by atoms with Crippen LogP contribution in [0, 0.1) is 0 Å². The van der Waals surface area contributed by atoms with Gasteiger partial charge >= 0.3 is 0 Å². The molecule has 188 valence electrons. The number of rotatable bonds is 9. The summed E-state index contributed by atoms with van der Waals surface area (Å²) in [5.41, 5.74) is 4.58. The summed E-state index contributed by atoms with van der Waals surface area (Å²) in [5.74, 6) is 2.69. The molecule has 0 radical (unpaired) electrons. The summed E-state index contributed by atoms with van der Waals surface area (Å²) in [6.45, 7) is 9.32. The Balaban J connectivity index is 1.26. The van der Waals surface area contributed by atoms with E-state index in [4.69, 9.17) is 14.2 Å². The fraction of sp³-hybridized carbons (Fsp3) is 0.393. The van der Waals surface area contributed by atoms with Crippen molar-refractivity contribution in [2.45, 2.75) is 20.3 Å².